The fraction of sp³-hybridized carbons (Fsp3) is 0.719. The first-order valence-corrected chi connectivity index (χ1v) is 27.5. The predicted octanol–water partition coefficient (Wildman–Crippen LogP) is 20.1. The van der Waals surface area contributed by atoms with Gasteiger partial charge in [0.05, 0.1) is 0 Å². The Kier molecular flexibility index (Phi) is 33.9. The maximum absolute atomic E-state index is 11.8. The van der Waals surface area contributed by atoms with Crippen molar-refractivity contribution >= 4 is 11.4 Å². The van der Waals surface area contributed by atoms with E-state index in [0.717, 1.165) is 41.8 Å². The van der Waals surface area contributed by atoms with Gasteiger partial charge in [0.2, 0.25) is 11.4 Å². The standard InChI is InChI=1S/C39H58N2.2C9H19.Ni/c1-5-8-11-14-16-18-23-33-25-21-27-35(30-33)38-32(4)37(29-20-13-10-7-3)39(41(38)40)36-28-22-26-34(31-36)24-19-17-15-12-9-6-2;2*1-3-5-7-9-8-6-4-2;/h21-22,25-28,30-31H,5-20,23-24,29H2,1-4H3;2*1,3-9H2,2H3;. The van der Waals surface area contributed by atoms with E-state index in [-0.39, 0.29) is 0 Å². The molecule has 0 fully saturated rings. The van der Waals surface area contributed by atoms with Gasteiger partial charge in [0.25, 0.3) is 0 Å². The minimum atomic E-state index is 0.969. The third-order valence-corrected chi connectivity index (χ3v) is 13.9. The van der Waals surface area contributed by atoms with Gasteiger partial charge in [0, 0.05) is 22.3 Å². The third kappa shape index (κ3) is 24.0. The van der Waals surface area contributed by atoms with Crippen LogP contribution in [-0.2, 0) is 27.3 Å². The second-order valence-corrected chi connectivity index (χ2v) is 19.6. The van der Waals surface area contributed by atoms with Gasteiger partial charge in [0.1, 0.15) is 0 Å². The van der Waals surface area contributed by atoms with Gasteiger partial charge in [-0.1, -0.05) is 129 Å². The van der Waals surface area contributed by atoms with Crippen LogP contribution < -0.4 is 0 Å². The zero-order valence-electron chi connectivity index (χ0n) is 40.6. The van der Waals surface area contributed by atoms with E-state index in [2.05, 4.69) is 90.1 Å². The molecule has 2 aromatic rings. The number of aryl methyl sites for hydroxylation is 2. The predicted molar refractivity (Wildman–Crippen MR) is 265 cm³/mol. The first kappa shape index (κ1) is 54.1. The molecule has 60 heavy (non-hydrogen) atoms. The molecule has 3 heteroatoms. The van der Waals surface area contributed by atoms with Gasteiger partial charge >= 0.3 is 129 Å². The molecule has 0 unspecified atom stereocenters. The first-order valence-electron chi connectivity index (χ1n) is 26.1. The molecule has 0 atom stereocenters. The minimum absolute atomic E-state index is 0.969. The third-order valence-electron chi connectivity index (χ3n) is 12.5. The van der Waals surface area contributed by atoms with Gasteiger partial charge in [-0.25, -0.2) is 4.70 Å². The molecule has 0 amide bonds. The van der Waals surface area contributed by atoms with Crippen molar-refractivity contribution in [3.8, 4) is 0 Å². The first-order chi connectivity index (χ1) is 29.5. The van der Waals surface area contributed by atoms with E-state index in [4.69, 9.17) is 0 Å². The van der Waals surface area contributed by atoms with Gasteiger partial charge < -0.3 is 5.53 Å². The van der Waals surface area contributed by atoms with Crippen LogP contribution >= 0.6 is 0 Å². The van der Waals surface area contributed by atoms with Crippen LogP contribution in [0.15, 0.2) is 59.7 Å². The van der Waals surface area contributed by atoms with E-state index in [1.165, 1.54) is 230 Å². The Bertz CT molecular complexity index is 1400. The van der Waals surface area contributed by atoms with Gasteiger partial charge in [0.15, 0.2) is 0 Å². The number of benzene rings is 2. The van der Waals surface area contributed by atoms with Gasteiger partial charge in [-0.3, -0.25) is 0 Å². The molecule has 0 bridgehead atoms. The Morgan fingerprint density at radius 3 is 1.15 bits per heavy atom. The van der Waals surface area contributed by atoms with Crippen molar-refractivity contribution in [2.24, 2.45) is 0 Å². The number of hydrogen-bond acceptors (Lipinski definition) is 0. The Morgan fingerprint density at radius 1 is 0.400 bits per heavy atom. The summed E-state index contributed by atoms with van der Waals surface area (Å²) in [7, 11) is 0. The Morgan fingerprint density at radius 2 is 0.733 bits per heavy atom. The number of rotatable bonds is 37. The van der Waals surface area contributed by atoms with Gasteiger partial charge in [-0.2, -0.15) is 0 Å². The molecule has 1 heterocycles. The van der Waals surface area contributed by atoms with E-state index in [1.54, 1.807) is 0 Å². The number of nitrogens with zero attached hydrogens (tertiary/aromatic N) is 2. The van der Waals surface area contributed by atoms with E-state index in [0.29, 0.717) is 0 Å². The molecule has 2 aromatic carbocycles. The van der Waals surface area contributed by atoms with Crippen LogP contribution in [0.25, 0.3) is 16.9 Å². The van der Waals surface area contributed by atoms with Crippen molar-refractivity contribution in [1.29, 1.82) is 0 Å². The summed E-state index contributed by atoms with van der Waals surface area (Å²) in [6, 6.07) is 17.9. The molecule has 0 aliphatic carbocycles. The zero-order chi connectivity index (χ0) is 43.3. The van der Waals surface area contributed by atoms with Crippen molar-refractivity contribution in [2.45, 2.75) is 264 Å². The SMILES string of the molecule is CCCCCCCC[CH2][Ni][CH2]CCCCCCCC.CCCCCCCCc1cccc(C2=C(C)C(CCCCCC)=C(c3cccc(CCCCCCCC)c3)[N+]2=[N-])c1. The zero-order valence-corrected chi connectivity index (χ0v) is 41.6. The molecule has 2 nitrogen and oxygen atoms in total. The monoisotopic (exact) mass is 867 g/mol. The van der Waals surface area contributed by atoms with Crippen LogP contribution in [0.5, 0.6) is 0 Å². The Balaban J connectivity index is 0.000000549. The van der Waals surface area contributed by atoms with Crippen LogP contribution in [0.2, 0.25) is 10.8 Å². The fourth-order valence-corrected chi connectivity index (χ4v) is 9.90. The normalized spacial score (nSPS) is 12.9. The van der Waals surface area contributed by atoms with Crippen molar-refractivity contribution in [3.63, 3.8) is 0 Å². The quantitative estimate of drug-likeness (QED) is 0.0367. The summed E-state index contributed by atoms with van der Waals surface area (Å²) >= 11 is 2.01. The largest absolute Gasteiger partial charge is 0.493 e. The van der Waals surface area contributed by atoms with E-state index < -0.39 is 0 Å². The van der Waals surface area contributed by atoms with E-state index in [1.807, 2.05) is 14.4 Å². The second-order valence-electron chi connectivity index (χ2n) is 18.1. The number of allylic oxidation sites excluding steroid dienone is 2. The molecule has 0 N–H and O–H groups in total. The molecular formula is C57H96N2Ni. The van der Waals surface area contributed by atoms with Gasteiger partial charge in [-0.15, -0.1) is 0 Å². The summed E-state index contributed by atoms with van der Waals surface area (Å²) in [6.07, 6.45) is 44.3. The molecular weight excluding hydrogens is 771 g/mol. The molecule has 1 aliphatic rings. The molecule has 344 valence electrons. The van der Waals surface area contributed by atoms with Crippen molar-refractivity contribution < 1.29 is 19.1 Å². The van der Waals surface area contributed by atoms with Crippen LogP contribution in [-0.4, -0.2) is 4.70 Å². The molecule has 0 radical (unpaired) electrons. The second kappa shape index (κ2) is 37.6. The topological polar surface area (TPSA) is 25.3 Å². The molecule has 0 saturated carbocycles. The average Bonchev–Trinajstić information content (AvgIpc) is 3.51. The summed E-state index contributed by atoms with van der Waals surface area (Å²) in [6.45, 7) is 13.6. The number of hydrogen-bond donors (Lipinski definition) is 0. The number of unbranched alkanes of at least 4 members (excludes halogenated alkanes) is 25. The Labute approximate surface area is 380 Å². The maximum atomic E-state index is 11.8. The van der Waals surface area contributed by atoms with E-state index in [9.17, 15) is 5.53 Å². The molecule has 0 saturated heterocycles. The molecule has 0 spiro atoms. The summed E-state index contributed by atoms with van der Waals surface area (Å²) < 4.78 is 1.53. The van der Waals surface area contributed by atoms with Crippen LogP contribution in [0.3, 0.4) is 0 Å². The van der Waals surface area contributed by atoms with E-state index >= 15 is 0 Å². The molecule has 1 aliphatic heterocycles. The van der Waals surface area contributed by atoms with Crippen molar-refractivity contribution in [2.75, 3.05) is 0 Å². The minimum Gasteiger partial charge on any atom is -0.493 e. The summed E-state index contributed by atoms with van der Waals surface area (Å²) in [4.78, 5) is 0. The van der Waals surface area contributed by atoms with Gasteiger partial charge in [-0.05, 0) is 80.8 Å². The fourth-order valence-electron chi connectivity index (χ4n) is 8.67. The van der Waals surface area contributed by atoms with Crippen LogP contribution in [0, 0.1) is 0 Å². The Hall–Kier alpha value is -1.99. The van der Waals surface area contributed by atoms with Crippen molar-refractivity contribution in [1.82, 2.24) is 0 Å². The summed E-state index contributed by atoms with van der Waals surface area (Å²) in [5, 5.41) is 2.85. The van der Waals surface area contributed by atoms with Crippen LogP contribution in [0.1, 0.15) is 263 Å². The van der Waals surface area contributed by atoms with Crippen molar-refractivity contribution in [3.05, 3.63) is 87.5 Å². The average molecular weight is 868 g/mol. The smallest absolute Gasteiger partial charge is 0.211 e. The maximum Gasteiger partial charge on any atom is 0.211 e. The summed E-state index contributed by atoms with van der Waals surface area (Å²) in [5.74, 6) is 0. The summed E-state index contributed by atoms with van der Waals surface area (Å²) in [5.41, 5.74) is 21.4. The molecule has 3 rings (SSSR count). The van der Waals surface area contributed by atoms with Crippen LogP contribution in [0.4, 0.5) is 0 Å². The molecule has 0 aromatic heterocycles.